The second-order valence-corrected chi connectivity index (χ2v) is 2.93. The number of anilines is 1. The summed E-state index contributed by atoms with van der Waals surface area (Å²) in [6.07, 6.45) is 1.59. The van der Waals surface area contributed by atoms with Gasteiger partial charge in [0.05, 0.1) is 6.61 Å². The number of hydrogen-bond acceptors (Lipinski definition) is 4. The lowest BCUT2D eigenvalue weighted by Gasteiger charge is -2.05. The van der Waals surface area contributed by atoms with Gasteiger partial charge in [0.2, 0.25) is 0 Å². The Morgan fingerprint density at radius 2 is 2.40 bits per heavy atom. The van der Waals surface area contributed by atoms with Crippen LogP contribution in [0, 0.1) is 0 Å². The molecule has 1 aromatic heterocycles. The number of ether oxygens (including phenoxy) is 1. The predicted octanol–water partition coefficient (Wildman–Crippen LogP) is 0.499. The van der Waals surface area contributed by atoms with Crippen LogP contribution in [0.3, 0.4) is 0 Å². The van der Waals surface area contributed by atoms with E-state index in [1.54, 1.807) is 32.5 Å². The van der Waals surface area contributed by atoms with Gasteiger partial charge in [-0.05, 0) is 12.1 Å². The number of pyridine rings is 1. The Morgan fingerprint density at radius 1 is 1.60 bits per heavy atom. The number of nitrogens with one attached hydrogen (secondary N) is 2. The van der Waals surface area contributed by atoms with Crippen LogP contribution in [0.4, 0.5) is 5.82 Å². The monoisotopic (exact) mass is 209 g/mol. The minimum atomic E-state index is -0.119. The quantitative estimate of drug-likeness (QED) is 0.693. The number of amides is 1. The molecule has 1 rings (SSSR count). The highest BCUT2D eigenvalue weighted by molar-refractivity contribution is 5.94. The molecule has 0 bridgehead atoms. The standard InChI is InChI=1S/C10H15N3O2/c1-11-9-7-8(3-4-12-9)10(14)13-5-6-15-2/h3-4,7H,5-6H2,1-2H3,(H,11,12)(H,13,14). The zero-order valence-corrected chi connectivity index (χ0v) is 8.91. The zero-order chi connectivity index (χ0) is 11.1. The van der Waals surface area contributed by atoms with Gasteiger partial charge < -0.3 is 15.4 Å². The third kappa shape index (κ3) is 3.55. The molecule has 0 saturated heterocycles. The zero-order valence-electron chi connectivity index (χ0n) is 8.91. The summed E-state index contributed by atoms with van der Waals surface area (Å²) in [5, 5.41) is 5.61. The maximum atomic E-state index is 11.6. The molecular formula is C10H15N3O2. The molecule has 0 radical (unpaired) electrons. The van der Waals surface area contributed by atoms with Gasteiger partial charge in [-0.1, -0.05) is 0 Å². The van der Waals surface area contributed by atoms with E-state index in [2.05, 4.69) is 15.6 Å². The Balaban J connectivity index is 2.57. The lowest BCUT2D eigenvalue weighted by Crippen LogP contribution is -2.26. The lowest BCUT2D eigenvalue weighted by atomic mass is 10.2. The number of carbonyl (C=O) groups excluding carboxylic acids is 1. The highest BCUT2D eigenvalue weighted by Crippen LogP contribution is 2.05. The van der Waals surface area contributed by atoms with Gasteiger partial charge in [-0.15, -0.1) is 0 Å². The summed E-state index contributed by atoms with van der Waals surface area (Å²) in [7, 11) is 3.35. The van der Waals surface area contributed by atoms with Crippen molar-refractivity contribution in [1.82, 2.24) is 10.3 Å². The molecule has 5 heteroatoms. The Bertz CT molecular complexity index is 328. The van der Waals surface area contributed by atoms with Gasteiger partial charge in [-0.25, -0.2) is 4.98 Å². The van der Waals surface area contributed by atoms with Crippen molar-refractivity contribution >= 4 is 11.7 Å². The van der Waals surface area contributed by atoms with E-state index in [-0.39, 0.29) is 5.91 Å². The first-order chi connectivity index (χ1) is 7.27. The summed E-state index contributed by atoms with van der Waals surface area (Å²) < 4.78 is 4.83. The van der Waals surface area contributed by atoms with Crippen LogP contribution >= 0.6 is 0 Å². The van der Waals surface area contributed by atoms with E-state index in [0.29, 0.717) is 24.5 Å². The fourth-order valence-electron chi connectivity index (χ4n) is 1.08. The topological polar surface area (TPSA) is 63.2 Å². The highest BCUT2D eigenvalue weighted by Gasteiger charge is 2.04. The van der Waals surface area contributed by atoms with Crippen LogP contribution in [0.25, 0.3) is 0 Å². The lowest BCUT2D eigenvalue weighted by molar-refractivity contribution is 0.0937. The van der Waals surface area contributed by atoms with Crippen LogP contribution in [0.5, 0.6) is 0 Å². The van der Waals surface area contributed by atoms with E-state index in [0.717, 1.165) is 0 Å². The van der Waals surface area contributed by atoms with Crippen molar-refractivity contribution in [2.45, 2.75) is 0 Å². The highest BCUT2D eigenvalue weighted by atomic mass is 16.5. The molecular weight excluding hydrogens is 194 g/mol. The first kappa shape index (κ1) is 11.5. The Labute approximate surface area is 88.9 Å². The van der Waals surface area contributed by atoms with Crippen LogP contribution in [-0.4, -0.2) is 38.2 Å². The third-order valence-electron chi connectivity index (χ3n) is 1.87. The molecule has 1 aromatic rings. The molecule has 15 heavy (non-hydrogen) atoms. The molecule has 0 aliphatic rings. The largest absolute Gasteiger partial charge is 0.383 e. The van der Waals surface area contributed by atoms with Crippen LogP contribution in [0.2, 0.25) is 0 Å². The van der Waals surface area contributed by atoms with Gasteiger partial charge in [0.25, 0.3) is 5.91 Å². The fourth-order valence-corrected chi connectivity index (χ4v) is 1.08. The SMILES string of the molecule is CNc1cc(C(=O)NCCOC)ccn1. The number of hydrogen-bond donors (Lipinski definition) is 2. The van der Waals surface area contributed by atoms with Crippen molar-refractivity contribution in [3.05, 3.63) is 23.9 Å². The normalized spacial score (nSPS) is 9.73. The summed E-state index contributed by atoms with van der Waals surface area (Å²) in [5.74, 6) is 0.556. The van der Waals surface area contributed by atoms with Gasteiger partial charge in [-0.3, -0.25) is 4.79 Å². The molecule has 1 amide bonds. The third-order valence-corrected chi connectivity index (χ3v) is 1.87. The fraction of sp³-hybridized carbons (Fsp3) is 0.400. The summed E-state index contributed by atoms with van der Waals surface area (Å²) in [4.78, 5) is 15.6. The molecule has 0 saturated carbocycles. The summed E-state index contributed by atoms with van der Waals surface area (Å²) in [6, 6.07) is 3.37. The van der Waals surface area contributed by atoms with Crippen LogP contribution in [0.15, 0.2) is 18.3 Å². The predicted molar refractivity (Wildman–Crippen MR) is 58.0 cm³/mol. The van der Waals surface area contributed by atoms with Crippen molar-refractivity contribution in [2.75, 3.05) is 32.6 Å². The Kier molecular flexibility index (Phi) is 4.56. The number of rotatable bonds is 5. The smallest absolute Gasteiger partial charge is 0.251 e. The first-order valence-electron chi connectivity index (χ1n) is 4.69. The average molecular weight is 209 g/mol. The second kappa shape index (κ2) is 5.98. The molecule has 0 atom stereocenters. The molecule has 0 spiro atoms. The molecule has 0 aliphatic heterocycles. The number of nitrogens with zero attached hydrogens (tertiary/aromatic N) is 1. The van der Waals surface area contributed by atoms with Gasteiger partial charge in [0.1, 0.15) is 5.82 Å². The van der Waals surface area contributed by atoms with Crippen molar-refractivity contribution in [1.29, 1.82) is 0 Å². The van der Waals surface area contributed by atoms with Crippen molar-refractivity contribution in [2.24, 2.45) is 0 Å². The molecule has 82 valence electrons. The van der Waals surface area contributed by atoms with E-state index < -0.39 is 0 Å². The maximum Gasteiger partial charge on any atom is 0.251 e. The van der Waals surface area contributed by atoms with Crippen molar-refractivity contribution in [3.8, 4) is 0 Å². The molecule has 2 N–H and O–H groups in total. The molecule has 0 unspecified atom stereocenters. The van der Waals surface area contributed by atoms with Crippen LogP contribution in [0.1, 0.15) is 10.4 Å². The van der Waals surface area contributed by atoms with E-state index in [9.17, 15) is 4.79 Å². The number of aromatic nitrogens is 1. The van der Waals surface area contributed by atoms with E-state index >= 15 is 0 Å². The molecule has 0 aromatic carbocycles. The van der Waals surface area contributed by atoms with Gasteiger partial charge in [-0.2, -0.15) is 0 Å². The van der Waals surface area contributed by atoms with E-state index in [4.69, 9.17) is 4.74 Å². The minimum Gasteiger partial charge on any atom is -0.383 e. The number of methoxy groups -OCH3 is 1. The maximum absolute atomic E-state index is 11.6. The van der Waals surface area contributed by atoms with Gasteiger partial charge in [0.15, 0.2) is 0 Å². The van der Waals surface area contributed by atoms with E-state index in [1.165, 1.54) is 0 Å². The number of carbonyl (C=O) groups is 1. The Hall–Kier alpha value is -1.62. The summed E-state index contributed by atoms with van der Waals surface area (Å²) in [6.45, 7) is 1.02. The van der Waals surface area contributed by atoms with Gasteiger partial charge in [0, 0.05) is 32.5 Å². The second-order valence-electron chi connectivity index (χ2n) is 2.93. The molecule has 1 heterocycles. The van der Waals surface area contributed by atoms with Crippen LogP contribution in [-0.2, 0) is 4.74 Å². The first-order valence-corrected chi connectivity index (χ1v) is 4.69. The molecule has 0 fully saturated rings. The van der Waals surface area contributed by atoms with Gasteiger partial charge >= 0.3 is 0 Å². The average Bonchev–Trinajstić information content (AvgIpc) is 2.29. The summed E-state index contributed by atoms with van der Waals surface area (Å²) in [5.41, 5.74) is 0.588. The van der Waals surface area contributed by atoms with Crippen molar-refractivity contribution in [3.63, 3.8) is 0 Å². The Morgan fingerprint density at radius 3 is 3.07 bits per heavy atom. The molecule has 0 aliphatic carbocycles. The summed E-state index contributed by atoms with van der Waals surface area (Å²) >= 11 is 0. The van der Waals surface area contributed by atoms with Crippen molar-refractivity contribution < 1.29 is 9.53 Å². The molecule has 5 nitrogen and oxygen atoms in total. The minimum absolute atomic E-state index is 0.119. The van der Waals surface area contributed by atoms with Crippen LogP contribution < -0.4 is 10.6 Å². The van der Waals surface area contributed by atoms with E-state index in [1.807, 2.05) is 0 Å².